The van der Waals surface area contributed by atoms with Gasteiger partial charge in [-0.1, -0.05) is 30.3 Å². The summed E-state index contributed by atoms with van der Waals surface area (Å²) >= 11 is 0. The molecule has 0 aromatic heterocycles. The highest BCUT2D eigenvalue weighted by atomic mass is 16.5. The number of hydrazone groups is 1. The molecular formula is C19H20N2O4. The number of carbonyl (C=O) groups excluding carboxylic acids is 1. The van der Waals surface area contributed by atoms with E-state index in [2.05, 4.69) is 10.5 Å². The Kier molecular flexibility index (Phi) is 6.74. The molecule has 1 amide bonds. The number of nitrogens with one attached hydrogen (secondary N) is 1. The molecule has 0 aliphatic heterocycles. The van der Waals surface area contributed by atoms with E-state index in [-0.39, 0.29) is 24.7 Å². The smallest absolute Gasteiger partial charge is 0.267 e. The molecule has 0 bridgehead atoms. The number of carbonyl (C=O) groups is 1. The molecular weight excluding hydrogens is 320 g/mol. The molecule has 0 atom stereocenters. The minimum Gasteiger partial charge on any atom is -0.504 e. The fraction of sp³-hybridized carbons (Fsp3) is 0.158. The van der Waals surface area contributed by atoms with Crippen molar-refractivity contribution < 1.29 is 19.7 Å². The highest BCUT2D eigenvalue weighted by Crippen LogP contribution is 2.25. The normalized spacial score (nSPS) is 11.5. The van der Waals surface area contributed by atoms with Gasteiger partial charge >= 0.3 is 0 Å². The van der Waals surface area contributed by atoms with Gasteiger partial charge in [0.25, 0.3) is 5.91 Å². The molecule has 0 fully saturated rings. The first kappa shape index (κ1) is 18.2. The molecule has 25 heavy (non-hydrogen) atoms. The Hall–Kier alpha value is -3.12. The van der Waals surface area contributed by atoms with Gasteiger partial charge in [-0.15, -0.1) is 0 Å². The van der Waals surface area contributed by atoms with E-state index in [9.17, 15) is 9.90 Å². The number of aromatic hydroxyl groups is 1. The van der Waals surface area contributed by atoms with Crippen LogP contribution in [0.5, 0.6) is 11.5 Å². The summed E-state index contributed by atoms with van der Waals surface area (Å²) < 4.78 is 5.01. The SMILES string of the molecule is COc1cc(/C=N/NC(=O)C(=Cc2ccccc2)CCO)ccc1O. The van der Waals surface area contributed by atoms with Crippen LogP contribution in [0.25, 0.3) is 6.08 Å². The average molecular weight is 340 g/mol. The van der Waals surface area contributed by atoms with E-state index in [1.54, 1.807) is 18.2 Å². The molecule has 2 rings (SSSR count). The Morgan fingerprint density at radius 1 is 1.20 bits per heavy atom. The lowest BCUT2D eigenvalue weighted by Gasteiger charge is -2.05. The molecule has 0 aliphatic carbocycles. The second-order valence-corrected chi connectivity index (χ2v) is 5.18. The van der Waals surface area contributed by atoms with Gasteiger partial charge in [-0.2, -0.15) is 5.10 Å². The van der Waals surface area contributed by atoms with Crippen LogP contribution in [0.3, 0.4) is 0 Å². The molecule has 0 unspecified atom stereocenters. The van der Waals surface area contributed by atoms with Crippen LogP contribution in [0.2, 0.25) is 0 Å². The molecule has 2 aromatic rings. The van der Waals surface area contributed by atoms with Gasteiger partial charge in [0, 0.05) is 18.6 Å². The van der Waals surface area contributed by atoms with E-state index in [0.29, 0.717) is 16.9 Å². The first-order chi connectivity index (χ1) is 12.1. The number of ether oxygens (including phenoxy) is 1. The van der Waals surface area contributed by atoms with Crippen LogP contribution in [0.15, 0.2) is 59.2 Å². The summed E-state index contributed by atoms with van der Waals surface area (Å²) in [5.41, 5.74) is 4.39. The van der Waals surface area contributed by atoms with Crippen molar-refractivity contribution >= 4 is 18.2 Å². The molecule has 0 saturated heterocycles. The van der Waals surface area contributed by atoms with Crippen molar-refractivity contribution in [3.8, 4) is 11.5 Å². The number of benzene rings is 2. The number of aliphatic hydroxyl groups excluding tert-OH is 1. The average Bonchev–Trinajstić information content (AvgIpc) is 2.63. The molecule has 2 aromatic carbocycles. The standard InChI is InChI=1S/C19H20N2O4/c1-25-18-12-15(7-8-17(18)23)13-20-21-19(24)16(9-10-22)11-14-5-3-2-4-6-14/h2-8,11-13,22-23H,9-10H2,1H3,(H,21,24)/b16-11?,20-13+. The van der Waals surface area contributed by atoms with Gasteiger partial charge in [0.05, 0.1) is 13.3 Å². The Labute approximate surface area is 146 Å². The fourth-order valence-corrected chi connectivity index (χ4v) is 2.13. The van der Waals surface area contributed by atoms with Crippen LogP contribution in [0.4, 0.5) is 0 Å². The minimum atomic E-state index is -0.389. The summed E-state index contributed by atoms with van der Waals surface area (Å²) in [5.74, 6) is -0.0418. The van der Waals surface area contributed by atoms with Crippen molar-refractivity contribution in [1.29, 1.82) is 0 Å². The fourth-order valence-electron chi connectivity index (χ4n) is 2.13. The third-order valence-electron chi connectivity index (χ3n) is 3.40. The predicted molar refractivity (Wildman–Crippen MR) is 96.5 cm³/mol. The van der Waals surface area contributed by atoms with Gasteiger partial charge < -0.3 is 14.9 Å². The molecule has 0 radical (unpaired) electrons. The van der Waals surface area contributed by atoms with E-state index >= 15 is 0 Å². The van der Waals surface area contributed by atoms with Gasteiger partial charge in [-0.05, 0) is 35.4 Å². The van der Waals surface area contributed by atoms with E-state index in [1.807, 2.05) is 30.3 Å². The van der Waals surface area contributed by atoms with Crippen molar-refractivity contribution in [3.05, 3.63) is 65.2 Å². The summed E-state index contributed by atoms with van der Waals surface area (Å²) in [6, 6.07) is 14.1. The van der Waals surface area contributed by atoms with Gasteiger partial charge in [0.15, 0.2) is 11.5 Å². The molecule has 6 nitrogen and oxygen atoms in total. The molecule has 0 aliphatic rings. The lowest BCUT2D eigenvalue weighted by atomic mass is 10.1. The van der Waals surface area contributed by atoms with Gasteiger partial charge in [-0.3, -0.25) is 4.79 Å². The van der Waals surface area contributed by atoms with Crippen molar-refractivity contribution in [1.82, 2.24) is 5.43 Å². The topological polar surface area (TPSA) is 91.2 Å². The molecule has 0 saturated carbocycles. The monoisotopic (exact) mass is 340 g/mol. The molecule has 0 heterocycles. The molecule has 3 N–H and O–H groups in total. The zero-order chi connectivity index (χ0) is 18.1. The maximum Gasteiger partial charge on any atom is 0.267 e. The number of amides is 1. The molecule has 0 spiro atoms. The quantitative estimate of drug-likeness (QED) is 0.410. The van der Waals surface area contributed by atoms with Crippen LogP contribution >= 0.6 is 0 Å². The zero-order valence-electron chi connectivity index (χ0n) is 13.8. The van der Waals surface area contributed by atoms with E-state index < -0.39 is 0 Å². The van der Waals surface area contributed by atoms with Gasteiger partial charge in [0.2, 0.25) is 0 Å². The summed E-state index contributed by atoms with van der Waals surface area (Å²) in [6.07, 6.45) is 3.38. The lowest BCUT2D eigenvalue weighted by Crippen LogP contribution is -2.20. The van der Waals surface area contributed by atoms with Crippen molar-refractivity contribution in [2.24, 2.45) is 5.10 Å². The third kappa shape index (κ3) is 5.47. The summed E-state index contributed by atoms with van der Waals surface area (Å²) in [6.45, 7) is -0.134. The number of hydrogen-bond donors (Lipinski definition) is 3. The van der Waals surface area contributed by atoms with Crippen LogP contribution in [0, 0.1) is 0 Å². The van der Waals surface area contributed by atoms with Crippen molar-refractivity contribution in [2.45, 2.75) is 6.42 Å². The first-order valence-electron chi connectivity index (χ1n) is 7.71. The summed E-state index contributed by atoms with van der Waals surface area (Å²) in [7, 11) is 1.45. The summed E-state index contributed by atoms with van der Waals surface area (Å²) in [5, 5.41) is 22.6. The third-order valence-corrected chi connectivity index (χ3v) is 3.40. The second-order valence-electron chi connectivity index (χ2n) is 5.18. The largest absolute Gasteiger partial charge is 0.504 e. The van der Waals surface area contributed by atoms with E-state index in [4.69, 9.17) is 9.84 Å². The van der Waals surface area contributed by atoms with Gasteiger partial charge in [-0.25, -0.2) is 5.43 Å². The number of phenolic OH excluding ortho intramolecular Hbond substituents is 1. The number of nitrogens with zero attached hydrogens (tertiary/aromatic N) is 1. The maximum atomic E-state index is 12.2. The number of methoxy groups -OCH3 is 1. The molecule has 130 valence electrons. The number of phenols is 1. The van der Waals surface area contributed by atoms with Crippen LogP contribution < -0.4 is 10.2 Å². The Bertz CT molecular complexity index is 770. The molecule has 6 heteroatoms. The maximum absolute atomic E-state index is 12.2. The van der Waals surface area contributed by atoms with Crippen molar-refractivity contribution in [3.63, 3.8) is 0 Å². The zero-order valence-corrected chi connectivity index (χ0v) is 13.8. The highest BCUT2D eigenvalue weighted by Gasteiger charge is 2.08. The lowest BCUT2D eigenvalue weighted by molar-refractivity contribution is -0.117. The second kappa shape index (κ2) is 9.24. The van der Waals surface area contributed by atoms with Gasteiger partial charge in [0.1, 0.15) is 0 Å². The van der Waals surface area contributed by atoms with Crippen LogP contribution in [0.1, 0.15) is 17.5 Å². The van der Waals surface area contributed by atoms with Crippen LogP contribution in [-0.4, -0.2) is 36.1 Å². The highest BCUT2D eigenvalue weighted by molar-refractivity contribution is 5.98. The summed E-state index contributed by atoms with van der Waals surface area (Å²) in [4.78, 5) is 12.2. The number of rotatable bonds is 7. The van der Waals surface area contributed by atoms with Crippen LogP contribution in [-0.2, 0) is 4.79 Å². The Balaban J connectivity index is 2.07. The minimum absolute atomic E-state index is 0.0275. The first-order valence-corrected chi connectivity index (χ1v) is 7.71. The predicted octanol–water partition coefficient (Wildman–Crippen LogP) is 2.32. The Morgan fingerprint density at radius 2 is 1.96 bits per heavy atom. The number of aliphatic hydroxyl groups is 1. The van der Waals surface area contributed by atoms with Crippen molar-refractivity contribution in [2.75, 3.05) is 13.7 Å². The van der Waals surface area contributed by atoms with E-state index in [0.717, 1.165) is 5.56 Å². The van der Waals surface area contributed by atoms with E-state index in [1.165, 1.54) is 19.4 Å². The number of hydrogen-bond acceptors (Lipinski definition) is 5. The Morgan fingerprint density at radius 3 is 2.64 bits per heavy atom.